The number of halogens is 3. The van der Waals surface area contributed by atoms with Gasteiger partial charge in [-0.05, 0) is 24.6 Å². The molecule has 1 atom stereocenters. The molecule has 0 fully saturated rings. The Morgan fingerprint density at radius 3 is 2.42 bits per heavy atom. The molecular weight excluding hydrogens is 257 g/mol. The standard InChI is InChI=1S/C13H15F3N2O/c1-4-8(2)17-13(19)18(3)7-9-5-10(14)12(16)11(15)6-9/h4-6,8H,1,7H2,2-3H3,(H,17,19)/t8-/m1/s1. The zero-order valence-corrected chi connectivity index (χ0v) is 10.7. The average Bonchev–Trinajstić information content (AvgIpc) is 2.35. The Kier molecular flexibility index (Phi) is 4.97. The summed E-state index contributed by atoms with van der Waals surface area (Å²) in [5, 5.41) is 2.60. The van der Waals surface area contributed by atoms with E-state index in [1.807, 2.05) is 0 Å². The molecule has 0 spiro atoms. The van der Waals surface area contributed by atoms with Crippen molar-refractivity contribution >= 4 is 6.03 Å². The van der Waals surface area contributed by atoms with Gasteiger partial charge < -0.3 is 10.2 Å². The smallest absolute Gasteiger partial charge is 0.317 e. The van der Waals surface area contributed by atoms with E-state index >= 15 is 0 Å². The van der Waals surface area contributed by atoms with Gasteiger partial charge in [0.2, 0.25) is 0 Å². The van der Waals surface area contributed by atoms with Gasteiger partial charge in [-0.1, -0.05) is 6.08 Å². The number of carbonyl (C=O) groups excluding carboxylic acids is 1. The van der Waals surface area contributed by atoms with Crippen LogP contribution in [0.4, 0.5) is 18.0 Å². The maximum Gasteiger partial charge on any atom is 0.317 e. The predicted octanol–water partition coefficient (Wildman–Crippen LogP) is 2.82. The molecule has 1 N–H and O–H groups in total. The molecule has 1 aromatic rings. The molecule has 0 radical (unpaired) electrons. The molecule has 1 rings (SSSR count). The second-order valence-electron chi connectivity index (χ2n) is 4.20. The average molecular weight is 272 g/mol. The molecular formula is C13H15F3N2O. The van der Waals surface area contributed by atoms with Crippen LogP contribution in [0, 0.1) is 17.5 Å². The summed E-state index contributed by atoms with van der Waals surface area (Å²) in [6.07, 6.45) is 1.54. The Labute approximate surface area is 109 Å². The first-order valence-corrected chi connectivity index (χ1v) is 5.62. The van der Waals surface area contributed by atoms with Crippen LogP contribution in [0.5, 0.6) is 0 Å². The lowest BCUT2D eigenvalue weighted by atomic mass is 10.2. The first-order chi connectivity index (χ1) is 8.85. The molecule has 6 heteroatoms. The van der Waals surface area contributed by atoms with Gasteiger partial charge in [-0.15, -0.1) is 6.58 Å². The predicted molar refractivity (Wildman–Crippen MR) is 66.0 cm³/mol. The normalized spacial score (nSPS) is 11.8. The first kappa shape index (κ1) is 15.1. The number of nitrogens with one attached hydrogen (secondary N) is 1. The van der Waals surface area contributed by atoms with E-state index in [4.69, 9.17) is 0 Å². The van der Waals surface area contributed by atoms with Crippen molar-refractivity contribution in [3.63, 3.8) is 0 Å². The monoisotopic (exact) mass is 272 g/mol. The van der Waals surface area contributed by atoms with Crippen LogP contribution in [0.15, 0.2) is 24.8 Å². The highest BCUT2D eigenvalue weighted by molar-refractivity contribution is 5.74. The van der Waals surface area contributed by atoms with E-state index < -0.39 is 23.5 Å². The molecule has 19 heavy (non-hydrogen) atoms. The minimum Gasteiger partial charge on any atom is -0.332 e. The van der Waals surface area contributed by atoms with E-state index in [9.17, 15) is 18.0 Å². The molecule has 0 aliphatic heterocycles. The van der Waals surface area contributed by atoms with Crippen molar-refractivity contribution in [1.29, 1.82) is 0 Å². The van der Waals surface area contributed by atoms with Gasteiger partial charge in [-0.2, -0.15) is 0 Å². The van der Waals surface area contributed by atoms with E-state index in [1.165, 1.54) is 11.9 Å². The molecule has 0 saturated heterocycles. The molecule has 0 aliphatic carbocycles. The molecule has 0 bridgehead atoms. The largest absolute Gasteiger partial charge is 0.332 e. The van der Waals surface area contributed by atoms with Crippen LogP contribution in [0.1, 0.15) is 12.5 Å². The van der Waals surface area contributed by atoms with Gasteiger partial charge in [0.15, 0.2) is 17.5 Å². The number of hydrogen-bond acceptors (Lipinski definition) is 1. The fourth-order valence-electron chi connectivity index (χ4n) is 1.41. The molecule has 0 aromatic heterocycles. The summed E-state index contributed by atoms with van der Waals surface area (Å²) >= 11 is 0. The fraction of sp³-hybridized carbons (Fsp3) is 0.308. The van der Waals surface area contributed by atoms with Gasteiger partial charge in [0, 0.05) is 19.6 Å². The molecule has 1 aromatic carbocycles. The summed E-state index contributed by atoms with van der Waals surface area (Å²) in [5.41, 5.74) is 0.167. The highest BCUT2D eigenvalue weighted by atomic mass is 19.2. The molecule has 2 amide bonds. The fourth-order valence-corrected chi connectivity index (χ4v) is 1.41. The quantitative estimate of drug-likeness (QED) is 0.663. The zero-order valence-electron chi connectivity index (χ0n) is 10.7. The molecule has 0 unspecified atom stereocenters. The Morgan fingerprint density at radius 1 is 1.42 bits per heavy atom. The third-order valence-electron chi connectivity index (χ3n) is 2.51. The van der Waals surface area contributed by atoms with Crippen molar-refractivity contribution in [3.8, 4) is 0 Å². The van der Waals surface area contributed by atoms with Gasteiger partial charge in [-0.3, -0.25) is 0 Å². The Morgan fingerprint density at radius 2 is 1.95 bits per heavy atom. The summed E-state index contributed by atoms with van der Waals surface area (Å²) < 4.78 is 38.8. The number of amides is 2. The number of urea groups is 1. The number of benzene rings is 1. The van der Waals surface area contributed by atoms with Crippen molar-refractivity contribution in [2.24, 2.45) is 0 Å². The van der Waals surface area contributed by atoms with E-state index in [0.29, 0.717) is 0 Å². The van der Waals surface area contributed by atoms with Crippen LogP contribution in [-0.4, -0.2) is 24.0 Å². The number of rotatable bonds is 4. The third-order valence-corrected chi connectivity index (χ3v) is 2.51. The van der Waals surface area contributed by atoms with Crippen LogP contribution >= 0.6 is 0 Å². The second-order valence-corrected chi connectivity index (χ2v) is 4.20. The SMILES string of the molecule is C=C[C@@H](C)NC(=O)N(C)Cc1cc(F)c(F)c(F)c1. The summed E-state index contributed by atoms with van der Waals surface area (Å²) in [6.45, 7) is 5.21. The molecule has 3 nitrogen and oxygen atoms in total. The van der Waals surface area contributed by atoms with Crippen LogP contribution in [0.3, 0.4) is 0 Å². The highest BCUT2D eigenvalue weighted by Crippen LogP contribution is 2.14. The Hall–Kier alpha value is -1.98. The van der Waals surface area contributed by atoms with E-state index in [1.54, 1.807) is 13.0 Å². The zero-order chi connectivity index (χ0) is 14.6. The van der Waals surface area contributed by atoms with Crippen molar-refractivity contribution in [2.45, 2.75) is 19.5 Å². The summed E-state index contributed by atoms with van der Waals surface area (Å²) in [6, 6.07) is 1.08. The Balaban J connectivity index is 2.74. The lowest BCUT2D eigenvalue weighted by Crippen LogP contribution is -2.40. The second kappa shape index (κ2) is 6.26. The number of nitrogens with zero attached hydrogens (tertiary/aromatic N) is 1. The molecule has 0 aliphatic rings. The minimum absolute atomic E-state index is 0.0379. The number of hydrogen-bond donors (Lipinski definition) is 1. The summed E-state index contributed by atoms with van der Waals surface area (Å²) in [7, 11) is 1.46. The molecule has 0 heterocycles. The summed E-state index contributed by atoms with van der Waals surface area (Å²) in [4.78, 5) is 12.9. The van der Waals surface area contributed by atoms with Crippen LogP contribution in [-0.2, 0) is 6.54 Å². The Bertz CT molecular complexity index is 468. The van der Waals surface area contributed by atoms with Crippen molar-refractivity contribution in [2.75, 3.05) is 7.05 Å². The topological polar surface area (TPSA) is 32.3 Å². The van der Waals surface area contributed by atoms with Crippen molar-refractivity contribution in [3.05, 3.63) is 47.8 Å². The molecule has 104 valence electrons. The van der Waals surface area contributed by atoms with Gasteiger partial charge >= 0.3 is 6.03 Å². The van der Waals surface area contributed by atoms with Gasteiger partial charge in [0.1, 0.15) is 0 Å². The van der Waals surface area contributed by atoms with Crippen LogP contribution in [0.25, 0.3) is 0 Å². The summed E-state index contributed by atoms with van der Waals surface area (Å²) in [5.74, 6) is -4.07. The van der Waals surface area contributed by atoms with Gasteiger partial charge in [0.25, 0.3) is 0 Å². The third kappa shape index (κ3) is 4.01. The van der Waals surface area contributed by atoms with Gasteiger partial charge in [0.05, 0.1) is 0 Å². The van der Waals surface area contributed by atoms with E-state index in [2.05, 4.69) is 11.9 Å². The number of carbonyl (C=O) groups is 1. The van der Waals surface area contributed by atoms with Crippen molar-refractivity contribution < 1.29 is 18.0 Å². The van der Waals surface area contributed by atoms with Crippen LogP contribution < -0.4 is 5.32 Å². The van der Waals surface area contributed by atoms with E-state index in [0.717, 1.165) is 12.1 Å². The van der Waals surface area contributed by atoms with Gasteiger partial charge in [-0.25, -0.2) is 18.0 Å². The maximum atomic E-state index is 13.0. The van der Waals surface area contributed by atoms with E-state index in [-0.39, 0.29) is 18.2 Å². The lowest BCUT2D eigenvalue weighted by Gasteiger charge is -2.20. The highest BCUT2D eigenvalue weighted by Gasteiger charge is 2.14. The van der Waals surface area contributed by atoms with Crippen molar-refractivity contribution in [1.82, 2.24) is 10.2 Å². The van der Waals surface area contributed by atoms with Crippen LogP contribution in [0.2, 0.25) is 0 Å². The minimum atomic E-state index is -1.52. The lowest BCUT2D eigenvalue weighted by molar-refractivity contribution is 0.205. The molecule has 0 saturated carbocycles. The first-order valence-electron chi connectivity index (χ1n) is 5.62. The maximum absolute atomic E-state index is 13.0.